The van der Waals surface area contributed by atoms with Crippen LogP contribution in [0.5, 0.6) is 11.5 Å². The molecule has 0 radical (unpaired) electrons. The molecule has 0 aliphatic carbocycles. The Bertz CT molecular complexity index is 1550. The number of nitrogens with zero attached hydrogens (tertiary/aromatic N) is 3. The van der Waals surface area contributed by atoms with Crippen molar-refractivity contribution in [2.45, 2.75) is 6.92 Å². The van der Waals surface area contributed by atoms with E-state index >= 15 is 0 Å². The first-order valence-corrected chi connectivity index (χ1v) is 11.2. The maximum absolute atomic E-state index is 15.0. The van der Waals surface area contributed by atoms with Gasteiger partial charge in [0.15, 0.2) is 0 Å². The van der Waals surface area contributed by atoms with E-state index in [2.05, 4.69) is 15.0 Å². The van der Waals surface area contributed by atoms with Crippen molar-refractivity contribution in [3.8, 4) is 28.4 Å². The molecule has 4 aromatic rings. The Labute approximate surface area is 201 Å². The zero-order valence-corrected chi connectivity index (χ0v) is 19.7. The molecule has 168 valence electrons. The number of halogens is 3. The van der Waals surface area contributed by atoms with Gasteiger partial charge in [-0.1, -0.05) is 0 Å². The number of H-pyrrole nitrogens is 1. The number of aromatic amines is 1. The van der Waals surface area contributed by atoms with E-state index < -0.39 is 17.2 Å². The quantitative estimate of drug-likeness (QED) is 0.284. The number of hydrogen-bond acceptors (Lipinski definition) is 5. The van der Waals surface area contributed by atoms with Gasteiger partial charge in [-0.25, -0.2) is 0 Å². The molecule has 1 aromatic carbocycles. The van der Waals surface area contributed by atoms with Gasteiger partial charge in [-0.15, -0.1) is 0 Å². The van der Waals surface area contributed by atoms with Crippen molar-refractivity contribution < 1.29 is 37.6 Å². The summed E-state index contributed by atoms with van der Waals surface area (Å²) in [5, 5.41) is 0.130. The third kappa shape index (κ3) is 3.56. The molecule has 11 heteroatoms. The summed E-state index contributed by atoms with van der Waals surface area (Å²) in [6.45, 7) is 1.79. The summed E-state index contributed by atoms with van der Waals surface area (Å²) in [5.74, 6) is -1.43. The van der Waals surface area contributed by atoms with Crippen LogP contribution in [0.3, 0.4) is 0 Å². The minimum absolute atomic E-state index is 0.0272. The summed E-state index contributed by atoms with van der Waals surface area (Å²) < 4.78 is 43.3. The van der Waals surface area contributed by atoms with Crippen molar-refractivity contribution in [1.29, 1.82) is 0 Å². The molecular weight excluding hydrogens is 538 g/mol. The molecular formula is C22H14ClF2MoN4O3-. The van der Waals surface area contributed by atoms with Gasteiger partial charge < -0.3 is 0 Å². The molecule has 0 spiro atoms. The number of rotatable bonds is 1. The molecule has 2 bridgehead atoms. The van der Waals surface area contributed by atoms with Gasteiger partial charge >= 0.3 is 202 Å². The summed E-state index contributed by atoms with van der Waals surface area (Å²) in [6.07, 6.45) is 3.38. The molecule has 0 saturated heterocycles. The molecule has 3 aromatic heterocycles. The molecule has 1 N–H and O–H groups in total. The number of nitrogens with one attached hydrogen (secondary N) is 1. The van der Waals surface area contributed by atoms with Crippen LogP contribution in [0.1, 0.15) is 12.6 Å². The number of hydrogen-bond donors (Lipinski definition) is 1. The van der Waals surface area contributed by atoms with Crippen molar-refractivity contribution in [3.63, 3.8) is 0 Å². The Hall–Kier alpha value is -3.03. The van der Waals surface area contributed by atoms with Crippen LogP contribution in [-0.4, -0.2) is 32.7 Å². The Balaban J connectivity index is 2.00. The standard InChI is InChI=1S/C22H14ClF2N4O3.Mo/c1-2-15-19-16(5-6-26-15)31-7-8-32-20-14(25)4-3-13(24)17(20)18-12(23)9-11-21(28-18)29(19)10-27-22(11)30;/h2-6,9H,7-8H2,1H3,(H,27,30);/q-1;. The van der Waals surface area contributed by atoms with Gasteiger partial charge in [-0.05, 0) is 0 Å². The Morgan fingerprint density at radius 3 is 2.76 bits per heavy atom. The normalized spacial score (nSPS) is 12.7. The summed E-state index contributed by atoms with van der Waals surface area (Å²) in [4.78, 5) is 24.5. The first-order valence-electron chi connectivity index (χ1n) is 9.79. The number of benzene rings is 1. The minimum atomic E-state index is -0.774. The predicted molar refractivity (Wildman–Crippen MR) is 113 cm³/mol. The molecule has 0 amide bonds. The van der Waals surface area contributed by atoms with Gasteiger partial charge in [-0.2, -0.15) is 0 Å². The molecule has 1 aliphatic rings. The average molecular weight is 552 g/mol. The van der Waals surface area contributed by atoms with Gasteiger partial charge in [0.05, 0.1) is 0 Å². The van der Waals surface area contributed by atoms with E-state index in [1.807, 2.05) is 6.92 Å². The topological polar surface area (TPSA) is 82.0 Å². The zero-order chi connectivity index (χ0) is 23.3. The SMILES string of the molecule is C[CH-]c1nccc2c1-n1[c](=[Mo])[nH]c(=O)c3cc(Cl)c(nc31)-c1c(F)ccc(F)c1OCCO2. The van der Waals surface area contributed by atoms with E-state index in [0.29, 0.717) is 20.9 Å². The Kier molecular flexibility index (Phi) is 5.54. The maximum atomic E-state index is 15.0. The van der Waals surface area contributed by atoms with Crippen LogP contribution >= 0.6 is 11.6 Å². The van der Waals surface area contributed by atoms with Crippen LogP contribution in [0, 0.1) is 21.9 Å². The van der Waals surface area contributed by atoms with Crippen molar-refractivity contribution in [3.05, 3.63) is 73.4 Å². The molecule has 0 unspecified atom stereocenters. The average Bonchev–Trinajstić information content (AvgIpc) is 2.79. The second-order valence-corrected chi connectivity index (χ2v) is 8.40. The van der Waals surface area contributed by atoms with Crippen LogP contribution < -0.4 is 15.0 Å². The summed E-state index contributed by atoms with van der Waals surface area (Å²) >= 11 is 8.04. The number of pyridine rings is 2. The van der Waals surface area contributed by atoms with E-state index in [9.17, 15) is 13.6 Å². The monoisotopic (exact) mass is 553 g/mol. The predicted octanol–water partition coefficient (Wildman–Crippen LogP) is 4.13. The van der Waals surface area contributed by atoms with Gasteiger partial charge in [0, 0.05) is 0 Å². The zero-order valence-electron chi connectivity index (χ0n) is 17.0. The van der Waals surface area contributed by atoms with Crippen LogP contribution in [-0.2, 0) is 19.4 Å². The molecule has 7 nitrogen and oxygen atoms in total. The molecule has 0 saturated carbocycles. The third-order valence-corrected chi connectivity index (χ3v) is 6.12. The van der Waals surface area contributed by atoms with E-state index in [0.717, 1.165) is 12.1 Å². The summed E-state index contributed by atoms with van der Waals surface area (Å²) in [7, 11) is 0. The van der Waals surface area contributed by atoms with E-state index in [1.165, 1.54) is 6.07 Å². The second kappa shape index (κ2) is 8.39. The van der Waals surface area contributed by atoms with E-state index in [1.54, 1.807) is 42.6 Å². The van der Waals surface area contributed by atoms with Crippen molar-refractivity contribution in [1.82, 2.24) is 19.5 Å². The molecule has 0 fully saturated rings. The first-order chi connectivity index (χ1) is 15.9. The molecule has 5 rings (SSSR count). The van der Waals surface area contributed by atoms with Crippen molar-refractivity contribution in [2.75, 3.05) is 13.2 Å². The van der Waals surface area contributed by atoms with Gasteiger partial charge in [0.25, 0.3) is 0 Å². The molecule has 33 heavy (non-hydrogen) atoms. The van der Waals surface area contributed by atoms with Crippen molar-refractivity contribution in [2.24, 2.45) is 0 Å². The molecule has 1 aliphatic heterocycles. The third-order valence-electron chi connectivity index (χ3n) is 5.13. The fourth-order valence-corrected chi connectivity index (χ4v) is 4.62. The van der Waals surface area contributed by atoms with Gasteiger partial charge in [0.2, 0.25) is 0 Å². The van der Waals surface area contributed by atoms with Gasteiger partial charge in [0.1, 0.15) is 0 Å². The molecule has 4 heterocycles. The Morgan fingerprint density at radius 1 is 1.21 bits per heavy atom. The fraction of sp³-hybridized carbons (Fsp3) is 0.136. The van der Waals surface area contributed by atoms with E-state index in [-0.39, 0.29) is 46.3 Å². The number of aromatic nitrogens is 4. The van der Waals surface area contributed by atoms with Crippen LogP contribution in [0.2, 0.25) is 5.02 Å². The van der Waals surface area contributed by atoms with Crippen LogP contribution in [0.25, 0.3) is 28.0 Å². The number of fused-ring (bicyclic) bond motifs is 5. The Morgan fingerprint density at radius 2 is 1.97 bits per heavy atom. The summed E-state index contributed by atoms with van der Waals surface area (Å²) in [6, 6.07) is 4.99. The summed E-state index contributed by atoms with van der Waals surface area (Å²) in [5.41, 5.74) is 0.562. The molecule has 0 atom stereocenters. The second-order valence-electron chi connectivity index (χ2n) is 7.05. The van der Waals surface area contributed by atoms with Gasteiger partial charge in [-0.3, -0.25) is 0 Å². The van der Waals surface area contributed by atoms with Crippen LogP contribution in [0.15, 0.2) is 35.3 Å². The van der Waals surface area contributed by atoms with Crippen LogP contribution in [0.4, 0.5) is 8.78 Å². The van der Waals surface area contributed by atoms with Crippen molar-refractivity contribution >= 4 is 22.6 Å². The first kappa shape index (κ1) is 21.8. The number of ether oxygens (including phenoxy) is 2. The van der Waals surface area contributed by atoms with E-state index in [4.69, 9.17) is 21.1 Å². The fourth-order valence-electron chi connectivity index (χ4n) is 3.71.